The second kappa shape index (κ2) is 4.34. The summed E-state index contributed by atoms with van der Waals surface area (Å²) >= 11 is 0. The van der Waals surface area contributed by atoms with Gasteiger partial charge in [0.25, 0.3) is 5.91 Å². The number of hydrogen-bond donors (Lipinski definition) is 3. The summed E-state index contributed by atoms with van der Waals surface area (Å²) in [6.07, 6.45) is 0.303. The number of carbonyl (C=O) groups excluding carboxylic acids is 1. The summed E-state index contributed by atoms with van der Waals surface area (Å²) in [5, 5.41) is 17.8. The summed E-state index contributed by atoms with van der Waals surface area (Å²) < 4.78 is 0. The number of nitrogens with zero attached hydrogens (tertiary/aromatic N) is 1. The minimum absolute atomic E-state index is 0.193. The van der Waals surface area contributed by atoms with Crippen molar-refractivity contribution in [2.75, 3.05) is 0 Å². The number of aryl methyl sites for hydroxylation is 1. The summed E-state index contributed by atoms with van der Waals surface area (Å²) in [5.41, 5.74) is -0.318. The van der Waals surface area contributed by atoms with E-state index in [4.69, 9.17) is 5.11 Å². The molecular formula is C10H15N3O3. The molecule has 1 aromatic rings. The van der Waals surface area contributed by atoms with Crippen LogP contribution < -0.4 is 5.32 Å². The van der Waals surface area contributed by atoms with Gasteiger partial charge in [0.2, 0.25) is 0 Å². The Balaban J connectivity index is 2.81. The number of H-pyrrole nitrogens is 1. The third-order valence-corrected chi connectivity index (χ3v) is 2.51. The quantitative estimate of drug-likeness (QED) is 0.703. The van der Waals surface area contributed by atoms with Gasteiger partial charge >= 0.3 is 5.97 Å². The van der Waals surface area contributed by atoms with Crippen LogP contribution in [0.15, 0.2) is 6.07 Å². The average molecular weight is 225 g/mol. The predicted octanol–water partition coefficient (Wildman–Crippen LogP) is 0.701. The van der Waals surface area contributed by atoms with Crippen molar-refractivity contribution >= 4 is 11.9 Å². The molecule has 0 aliphatic heterocycles. The van der Waals surface area contributed by atoms with Crippen molar-refractivity contribution in [1.29, 1.82) is 0 Å². The monoisotopic (exact) mass is 225 g/mol. The van der Waals surface area contributed by atoms with Gasteiger partial charge in [-0.3, -0.25) is 9.89 Å². The van der Waals surface area contributed by atoms with E-state index in [-0.39, 0.29) is 5.69 Å². The van der Waals surface area contributed by atoms with Gasteiger partial charge in [0.05, 0.1) is 0 Å². The molecule has 0 aliphatic carbocycles. The van der Waals surface area contributed by atoms with Crippen LogP contribution in [0.4, 0.5) is 0 Å². The number of hydrogen-bond acceptors (Lipinski definition) is 3. The van der Waals surface area contributed by atoms with Gasteiger partial charge < -0.3 is 10.4 Å². The number of amides is 1. The van der Waals surface area contributed by atoms with Gasteiger partial charge in [0.1, 0.15) is 11.2 Å². The predicted molar refractivity (Wildman–Crippen MR) is 57.1 cm³/mol. The molecule has 0 aliphatic rings. The van der Waals surface area contributed by atoms with Crippen LogP contribution in [-0.4, -0.2) is 32.7 Å². The van der Waals surface area contributed by atoms with Crippen molar-refractivity contribution in [3.63, 3.8) is 0 Å². The summed E-state index contributed by atoms with van der Waals surface area (Å²) in [5.74, 6) is -1.55. The standard InChI is InChI=1S/C10H15N3O3/c1-4-10(3,9(15)16)11-8(14)7-5-6(2)12-13-7/h5H,4H2,1-3H3,(H,11,14)(H,12,13)(H,15,16). The summed E-state index contributed by atoms with van der Waals surface area (Å²) in [7, 11) is 0. The number of nitrogens with one attached hydrogen (secondary N) is 2. The Morgan fingerprint density at radius 2 is 2.25 bits per heavy atom. The van der Waals surface area contributed by atoms with Crippen molar-refractivity contribution in [1.82, 2.24) is 15.5 Å². The van der Waals surface area contributed by atoms with Gasteiger partial charge in [0, 0.05) is 5.69 Å². The zero-order valence-corrected chi connectivity index (χ0v) is 9.50. The fraction of sp³-hybridized carbons (Fsp3) is 0.500. The number of aliphatic carboxylic acids is 1. The van der Waals surface area contributed by atoms with Gasteiger partial charge in [-0.1, -0.05) is 6.92 Å². The highest BCUT2D eigenvalue weighted by molar-refractivity contribution is 5.96. The second-order valence-corrected chi connectivity index (χ2v) is 3.88. The highest BCUT2D eigenvalue weighted by Gasteiger charge is 2.33. The SMILES string of the molecule is CCC(C)(NC(=O)c1cc(C)[nH]n1)C(=O)O. The Morgan fingerprint density at radius 3 is 2.62 bits per heavy atom. The van der Waals surface area contributed by atoms with Crippen LogP contribution in [0.2, 0.25) is 0 Å². The number of carboxylic acid groups (broad SMARTS) is 1. The Bertz CT molecular complexity index is 413. The molecule has 0 fully saturated rings. The third kappa shape index (κ3) is 2.39. The van der Waals surface area contributed by atoms with Crippen LogP contribution >= 0.6 is 0 Å². The molecule has 88 valence electrons. The largest absolute Gasteiger partial charge is 0.480 e. The highest BCUT2D eigenvalue weighted by Crippen LogP contribution is 2.10. The Kier molecular flexibility index (Phi) is 3.31. The maximum absolute atomic E-state index is 11.7. The lowest BCUT2D eigenvalue weighted by Gasteiger charge is -2.23. The van der Waals surface area contributed by atoms with Crippen molar-refractivity contribution < 1.29 is 14.7 Å². The minimum atomic E-state index is -1.26. The first-order valence-electron chi connectivity index (χ1n) is 4.97. The molecule has 6 heteroatoms. The van der Waals surface area contributed by atoms with Gasteiger partial charge in [-0.2, -0.15) is 5.10 Å². The third-order valence-electron chi connectivity index (χ3n) is 2.51. The topological polar surface area (TPSA) is 95.1 Å². The number of carbonyl (C=O) groups is 2. The van der Waals surface area contributed by atoms with Crippen molar-refractivity contribution in [3.8, 4) is 0 Å². The molecule has 1 amide bonds. The van der Waals surface area contributed by atoms with E-state index < -0.39 is 17.4 Å². The van der Waals surface area contributed by atoms with E-state index in [9.17, 15) is 9.59 Å². The summed E-state index contributed by atoms with van der Waals surface area (Å²) in [6, 6.07) is 1.56. The van der Waals surface area contributed by atoms with Crippen molar-refractivity contribution in [2.24, 2.45) is 0 Å². The molecule has 1 heterocycles. The lowest BCUT2D eigenvalue weighted by molar-refractivity contribution is -0.143. The average Bonchev–Trinajstić information content (AvgIpc) is 2.64. The van der Waals surface area contributed by atoms with E-state index in [0.29, 0.717) is 6.42 Å². The molecule has 0 aromatic carbocycles. The zero-order chi connectivity index (χ0) is 12.3. The number of rotatable bonds is 4. The number of aromatic nitrogens is 2. The first-order chi connectivity index (χ1) is 7.39. The Labute approximate surface area is 93.1 Å². The molecule has 0 saturated carbocycles. The van der Waals surface area contributed by atoms with Crippen LogP contribution in [0.25, 0.3) is 0 Å². The smallest absolute Gasteiger partial charge is 0.329 e. The number of carboxylic acids is 1. The normalized spacial score (nSPS) is 14.2. The van der Waals surface area contributed by atoms with Crippen LogP contribution in [0.3, 0.4) is 0 Å². The molecule has 16 heavy (non-hydrogen) atoms. The molecule has 1 aromatic heterocycles. The second-order valence-electron chi connectivity index (χ2n) is 3.88. The van der Waals surface area contributed by atoms with Gasteiger partial charge in [-0.05, 0) is 26.3 Å². The molecular weight excluding hydrogens is 210 g/mol. The van der Waals surface area contributed by atoms with Gasteiger partial charge in [-0.25, -0.2) is 4.79 Å². The van der Waals surface area contributed by atoms with Crippen LogP contribution in [-0.2, 0) is 4.79 Å². The highest BCUT2D eigenvalue weighted by atomic mass is 16.4. The van der Waals surface area contributed by atoms with E-state index >= 15 is 0 Å². The maximum atomic E-state index is 11.7. The maximum Gasteiger partial charge on any atom is 0.329 e. The van der Waals surface area contributed by atoms with Crippen molar-refractivity contribution in [3.05, 3.63) is 17.5 Å². The van der Waals surface area contributed by atoms with E-state index in [2.05, 4.69) is 15.5 Å². The van der Waals surface area contributed by atoms with E-state index in [1.807, 2.05) is 0 Å². The Hall–Kier alpha value is -1.85. The molecule has 3 N–H and O–H groups in total. The fourth-order valence-electron chi connectivity index (χ4n) is 1.14. The molecule has 1 unspecified atom stereocenters. The van der Waals surface area contributed by atoms with Crippen LogP contribution in [0.5, 0.6) is 0 Å². The van der Waals surface area contributed by atoms with Crippen molar-refractivity contribution in [2.45, 2.75) is 32.7 Å². The van der Waals surface area contributed by atoms with E-state index in [1.165, 1.54) is 6.92 Å². The van der Waals surface area contributed by atoms with Crippen LogP contribution in [0.1, 0.15) is 36.5 Å². The van der Waals surface area contributed by atoms with Gasteiger partial charge in [0.15, 0.2) is 0 Å². The molecule has 0 radical (unpaired) electrons. The first-order valence-corrected chi connectivity index (χ1v) is 4.97. The van der Waals surface area contributed by atoms with E-state index in [0.717, 1.165) is 5.69 Å². The van der Waals surface area contributed by atoms with Gasteiger partial charge in [-0.15, -0.1) is 0 Å². The molecule has 0 saturated heterocycles. The fourth-order valence-corrected chi connectivity index (χ4v) is 1.14. The molecule has 1 rings (SSSR count). The molecule has 0 bridgehead atoms. The molecule has 1 atom stereocenters. The zero-order valence-electron chi connectivity index (χ0n) is 9.50. The minimum Gasteiger partial charge on any atom is -0.480 e. The summed E-state index contributed by atoms with van der Waals surface area (Å²) in [6.45, 7) is 4.93. The molecule has 6 nitrogen and oxygen atoms in total. The lowest BCUT2D eigenvalue weighted by Crippen LogP contribution is -2.51. The Morgan fingerprint density at radius 1 is 1.62 bits per heavy atom. The number of aromatic amines is 1. The van der Waals surface area contributed by atoms with E-state index in [1.54, 1.807) is 19.9 Å². The summed E-state index contributed by atoms with van der Waals surface area (Å²) in [4.78, 5) is 22.7. The molecule has 0 spiro atoms. The first kappa shape index (κ1) is 12.2. The van der Waals surface area contributed by atoms with Crippen LogP contribution in [0, 0.1) is 6.92 Å². The lowest BCUT2D eigenvalue weighted by atomic mass is 9.99.